The maximum atomic E-state index is 12.7. The van der Waals surface area contributed by atoms with Crippen molar-refractivity contribution in [2.75, 3.05) is 5.32 Å². The van der Waals surface area contributed by atoms with E-state index in [1.165, 1.54) is 0 Å². The molecule has 0 aliphatic heterocycles. The number of anilines is 1. The number of benzene rings is 1. The summed E-state index contributed by atoms with van der Waals surface area (Å²) in [5.74, 6) is 0.616. The lowest BCUT2D eigenvalue weighted by Gasteiger charge is -2.07. The van der Waals surface area contributed by atoms with Crippen molar-refractivity contribution < 1.29 is 4.79 Å². The topological polar surface area (TPSA) is 69.2 Å². The molecule has 1 N–H and O–H groups in total. The quantitative estimate of drug-likeness (QED) is 0.498. The Hall–Kier alpha value is -4.13. The lowest BCUT2D eigenvalue weighted by atomic mass is 10.1. The number of aromatic nitrogens is 5. The minimum atomic E-state index is -0.236. The van der Waals surface area contributed by atoms with Crippen LogP contribution in [0.25, 0.3) is 22.5 Å². The number of amides is 1. The summed E-state index contributed by atoms with van der Waals surface area (Å²) >= 11 is 0. The number of rotatable bonds is 4. The van der Waals surface area contributed by atoms with Gasteiger partial charge in [-0.15, -0.1) is 0 Å². The Balaban J connectivity index is 1.47. The first-order valence-corrected chi connectivity index (χ1v) is 9.62. The lowest BCUT2D eigenvalue weighted by Crippen LogP contribution is -2.14. The van der Waals surface area contributed by atoms with Crippen molar-refractivity contribution in [2.45, 2.75) is 6.92 Å². The van der Waals surface area contributed by atoms with Gasteiger partial charge in [0, 0.05) is 48.0 Å². The van der Waals surface area contributed by atoms with E-state index in [4.69, 9.17) is 0 Å². The molecule has 0 atom stereocenters. The monoisotopic (exact) mass is 396 g/mol. The molecule has 0 aliphatic carbocycles. The molecular weight excluding hydrogens is 376 g/mol. The molecule has 5 rings (SSSR count). The number of nitrogens with one attached hydrogen (secondary N) is 1. The number of hydrogen-bond donors (Lipinski definition) is 1. The average Bonchev–Trinajstić information content (AvgIpc) is 3.48. The van der Waals surface area contributed by atoms with E-state index in [1.54, 1.807) is 21.6 Å². The molecule has 148 valence electrons. The first kappa shape index (κ1) is 17.9. The second-order valence-electron chi connectivity index (χ2n) is 7.22. The molecule has 1 amide bonds. The van der Waals surface area contributed by atoms with Crippen molar-refractivity contribution >= 4 is 17.1 Å². The van der Waals surface area contributed by atoms with Crippen LogP contribution in [0.5, 0.6) is 0 Å². The molecule has 0 saturated carbocycles. The van der Waals surface area contributed by atoms with Crippen molar-refractivity contribution in [1.82, 2.24) is 24.0 Å². The molecule has 7 heteroatoms. The molecule has 1 aromatic carbocycles. The molecule has 0 unspecified atom stereocenters. The van der Waals surface area contributed by atoms with Gasteiger partial charge in [0.05, 0.1) is 6.20 Å². The number of para-hydroxylation sites is 1. The lowest BCUT2D eigenvalue weighted by molar-refractivity contribution is 0.102. The highest BCUT2D eigenvalue weighted by Gasteiger charge is 2.13. The first-order chi connectivity index (χ1) is 14.6. The van der Waals surface area contributed by atoms with Crippen LogP contribution >= 0.6 is 0 Å². The minimum absolute atomic E-state index is 0.236. The van der Waals surface area contributed by atoms with Crippen molar-refractivity contribution in [1.29, 1.82) is 0 Å². The highest BCUT2D eigenvalue weighted by molar-refractivity contribution is 6.03. The van der Waals surface area contributed by atoms with E-state index in [-0.39, 0.29) is 5.91 Å². The summed E-state index contributed by atoms with van der Waals surface area (Å²) in [5.41, 5.74) is 5.28. The maximum absolute atomic E-state index is 12.7. The number of fused-ring (bicyclic) bond motifs is 1. The van der Waals surface area contributed by atoms with Crippen LogP contribution in [-0.2, 0) is 7.05 Å². The second-order valence-corrected chi connectivity index (χ2v) is 7.22. The number of nitrogens with zero attached hydrogens (tertiary/aromatic N) is 5. The van der Waals surface area contributed by atoms with Gasteiger partial charge in [0.2, 0.25) is 0 Å². The van der Waals surface area contributed by atoms with Gasteiger partial charge < -0.3 is 9.72 Å². The van der Waals surface area contributed by atoms with Gasteiger partial charge in [-0.1, -0.05) is 24.3 Å². The summed E-state index contributed by atoms with van der Waals surface area (Å²) in [6, 6.07) is 17.5. The summed E-state index contributed by atoms with van der Waals surface area (Å²) in [6.45, 7) is 1.96. The number of carbonyl (C=O) groups excluding carboxylic acids is 1. The van der Waals surface area contributed by atoms with Gasteiger partial charge in [-0.2, -0.15) is 10.2 Å². The number of pyridine rings is 1. The van der Waals surface area contributed by atoms with E-state index in [9.17, 15) is 4.79 Å². The Morgan fingerprint density at radius 3 is 2.60 bits per heavy atom. The van der Waals surface area contributed by atoms with Gasteiger partial charge in [0.15, 0.2) is 5.69 Å². The fraction of sp³-hybridized carbons (Fsp3) is 0.0870. The van der Waals surface area contributed by atoms with E-state index in [0.717, 1.165) is 33.7 Å². The van der Waals surface area contributed by atoms with E-state index in [0.29, 0.717) is 5.69 Å². The van der Waals surface area contributed by atoms with Crippen LogP contribution in [0.3, 0.4) is 0 Å². The molecule has 30 heavy (non-hydrogen) atoms. The molecule has 7 nitrogen and oxygen atoms in total. The SMILES string of the molecule is Cc1ccccc1NC(=O)c1ccn(-c2ccc3ccc(-c4cnn(C)c4)cn23)n1. The summed E-state index contributed by atoms with van der Waals surface area (Å²) in [6.07, 6.45) is 7.67. The Kier molecular flexibility index (Phi) is 4.21. The van der Waals surface area contributed by atoms with Gasteiger partial charge in [0.1, 0.15) is 5.82 Å². The van der Waals surface area contributed by atoms with Gasteiger partial charge >= 0.3 is 0 Å². The van der Waals surface area contributed by atoms with Crippen LogP contribution in [0, 0.1) is 6.92 Å². The van der Waals surface area contributed by atoms with Gasteiger partial charge in [0.25, 0.3) is 5.91 Å². The standard InChI is InChI=1S/C23H20N6O/c1-16-5-3-4-6-20(16)25-23(30)21-11-12-29(26-21)22-10-9-19-8-7-17(15-28(19)22)18-13-24-27(2)14-18/h3-15H,1-2H3,(H,25,30). The predicted molar refractivity (Wildman–Crippen MR) is 116 cm³/mol. The number of hydrogen-bond acceptors (Lipinski definition) is 3. The van der Waals surface area contributed by atoms with Crippen molar-refractivity contribution in [3.8, 4) is 16.9 Å². The third kappa shape index (κ3) is 3.16. The molecule has 0 aliphatic rings. The van der Waals surface area contributed by atoms with Crippen molar-refractivity contribution in [3.05, 3.63) is 90.6 Å². The van der Waals surface area contributed by atoms with Gasteiger partial charge in [-0.3, -0.25) is 9.48 Å². The van der Waals surface area contributed by atoms with Crippen LogP contribution in [0.15, 0.2) is 79.4 Å². The predicted octanol–water partition coefficient (Wildman–Crippen LogP) is 4.09. The zero-order valence-corrected chi connectivity index (χ0v) is 16.6. The zero-order chi connectivity index (χ0) is 20.7. The molecule has 0 spiro atoms. The maximum Gasteiger partial charge on any atom is 0.276 e. The highest BCUT2D eigenvalue weighted by atomic mass is 16.2. The average molecular weight is 396 g/mol. The summed E-state index contributed by atoms with van der Waals surface area (Å²) in [7, 11) is 1.90. The largest absolute Gasteiger partial charge is 0.320 e. The number of carbonyl (C=O) groups is 1. The third-order valence-electron chi connectivity index (χ3n) is 5.12. The van der Waals surface area contributed by atoms with Crippen molar-refractivity contribution in [3.63, 3.8) is 0 Å². The first-order valence-electron chi connectivity index (χ1n) is 9.62. The smallest absolute Gasteiger partial charge is 0.276 e. The van der Waals surface area contributed by atoms with Crippen LogP contribution in [0.2, 0.25) is 0 Å². The normalized spacial score (nSPS) is 11.1. The third-order valence-corrected chi connectivity index (χ3v) is 5.12. The Morgan fingerprint density at radius 2 is 1.80 bits per heavy atom. The highest BCUT2D eigenvalue weighted by Crippen LogP contribution is 2.23. The molecule has 0 fully saturated rings. The summed E-state index contributed by atoms with van der Waals surface area (Å²) in [5, 5.41) is 11.7. The zero-order valence-electron chi connectivity index (χ0n) is 16.6. The van der Waals surface area contributed by atoms with Crippen LogP contribution in [0.4, 0.5) is 5.69 Å². The molecular formula is C23H20N6O. The molecule has 0 saturated heterocycles. The van der Waals surface area contributed by atoms with E-state index in [1.807, 2.05) is 62.8 Å². The minimum Gasteiger partial charge on any atom is -0.320 e. The Labute approximate surface area is 173 Å². The molecule has 4 heterocycles. The van der Waals surface area contributed by atoms with Crippen molar-refractivity contribution in [2.24, 2.45) is 7.05 Å². The van der Waals surface area contributed by atoms with E-state index < -0.39 is 0 Å². The fourth-order valence-electron chi connectivity index (χ4n) is 3.49. The second kappa shape index (κ2) is 7.04. The molecule has 4 aromatic heterocycles. The Morgan fingerprint density at radius 1 is 0.967 bits per heavy atom. The van der Waals surface area contributed by atoms with Crippen LogP contribution in [-0.4, -0.2) is 29.9 Å². The van der Waals surface area contributed by atoms with Crippen LogP contribution in [0.1, 0.15) is 16.1 Å². The van der Waals surface area contributed by atoms with Gasteiger partial charge in [-0.05, 0) is 42.8 Å². The molecule has 0 bridgehead atoms. The molecule has 0 radical (unpaired) electrons. The molecule has 5 aromatic rings. The van der Waals surface area contributed by atoms with E-state index in [2.05, 4.69) is 38.2 Å². The van der Waals surface area contributed by atoms with Crippen LogP contribution < -0.4 is 5.32 Å². The summed E-state index contributed by atoms with van der Waals surface area (Å²) < 4.78 is 5.55. The van der Waals surface area contributed by atoms with Gasteiger partial charge in [-0.25, -0.2) is 4.68 Å². The number of aryl methyl sites for hydroxylation is 2. The Bertz CT molecular complexity index is 1370. The fourth-order valence-corrected chi connectivity index (χ4v) is 3.49. The summed E-state index contributed by atoms with van der Waals surface area (Å²) in [4.78, 5) is 12.7. The van der Waals surface area contributed by atoms with E-state index >= 15 is 0 Å².